The summed E-state index contributed by atoms with van der Waals surface area (Å²) in [6, 6.07) is 4.90. The maximum absolute atomic E-state index is 12.5. The summed E-state index contributed by atoms with van der Waals surface area (Å²) in [4.78, 5) is 0.324. The van der Waals surface area contributed by atoms with E-state index in [1.165, 1.54) is 0 Å². The first-order chi connectivity index (χ1) is 8.72. The van der Waals surface area contributed by atoms with Gasteiger partial charge in [0, 0.05) is 11.7 Å². The molecule has 1 aromatic carbocycles. The summed E-state index contributed by atoms with van der Waals surface area (Å²) in [5.74, 6) is 0. The number of nitrogens with one attached hydrogen (secondary N) is 1. The molecule has 19 heavy (non-hydrogen) atoms. The largest absolute Gasteiger partial charge is 0.399 e. The van der Waals surface area contributed by atoms with E-state index in [4.69, 9.17) is 5.73 Å². The van der Waals surface area contributed by atoms with Crippen molar-refractivity contribution in [3.05, 3.63) is 23.8 Å². The molecule has 0 amide bonds. The van der Waals surface area contributed by atoms with Crippen LogP contribution in [0.5, 0.6) is 0 Å². The quantitative estimate of drug-likeness (QED) is 0.836. The zero-order valence-corrected chi connectivity index (χ0v) is 12.5. The molecule has 2 rings (SSSR count). The summed E-state index contributed by atoms with van der Waals surface area (Å²) in [7, 11) is -3.47. The van der Waals surface area contributed by atoms with Gasteiger partial charge in [0.05, 0.1) is 4.90 Å². The molecule has 1 aliphatic rings. The van der Waals surface area contributed by atoms with Crippen molar-refractivity contribution in [2.24, 2.45) is 5.41 Å². The number of rotatable bonds is 3. The summed E-state index contributed by atoms with van der Waals surface area (Å²) in [6.45, 7) is 6.00. The van der Waals surface area contributed by atoms with Crippen molar-refractivity contribution in [3.63, 3.8) is 0 Å². The van der Waals surface area contributed by atoms with Gasteiger partial charge < -0.3 is 5.73 Å². The van der Waals surface area contributed by atoms with E-state index >= 15 is 0 Å². The third-order valence-electron chi connectivity index (χ3n) is 4.04. The SMILES string of the molecule is Cc1cc(N)ccc1S(=O)(=O)NC1CCCC1(C)C. The molecule has 0 aliphatic heterocycles. The lowest BCUT2D eigenvalue weighted by Gasteiger charge is -2.27. The fourth-order valence-electron chi connectivity index (χ4n) is 2.77. The van der Waals surface area contributed by atoms with Gasteiger partial charge in [-0.25, -0.2) is 13.1 Å². The molecule has 0 bridgehead atoms. The van der Waals surface area contributed by atoms with E-state index in [1.54, 1.807) is 25.1 Å². The highest BCUT2D eigenvalue weighted by Gasteiger charge is 2.37. The van der Waals surface area contributed by atoms with Crippen molar-refractivity contribution in [1.29, 1.82) is 0 Å². The minimum absolute atomic E-state index is 0.00875. The van der Waals surface area contributed by atoms with Crippen LogP contribution in [0.2, 0.25) is 0 Å². The van der Waals surface area contributed by atoms with Crippen LogP contribution >= 0.6 is 0 Å². The molecule has 0 radical (unpaired) electrons. The average Bonchev–Trinajstić information content (AvgIpc) is 2.56. The number of sulfonamides is 1. The van der Waals surface area contributed by atoms with Crippen LogP contribution in [0, 0.1) is 12.3 Å². The van der Waals surface area contributed by atoms with Gasteiger partial charge in [0.2, 0.25) is 10.0 Å². The Bertz CT molecular complexity index is 579. The maximum Gasteiger partial charge on any atom is 0.241 e. The molecule has 1 aromatic rings. The van der Waals surface area contributed by atoms with Gasteiger partial charge in [-0.15, -0.1) is 0 Å². The molecule has 1 atom stereocenters. The number of nitrogen functional groups attached to an aromatic ring is 1. The zero-order chi connectivity index (χ0) is 14.3. The first-order valence-electron chi connectivity index (χ1n) is 6.61. The first-order valence-corrected chi connectivity index (χ1v) is 8.09. The molecular weight excluding hydrogens is 260 g/mol. The van der Waals surface area contributed by atoms with Crippen molar-refractivity contribution < 1.29 is 8.42 Å². The maximum atomic E-state index is 12.5. The minimum atomic E-state index is -3.47. The molecular formula is C14H22N2O2S. The highest BCUT2D eigenvalue weighted by Crippen LogP contribution is 2.38. The van der Waals surface area contributed by atoms with E-state index in [0.29, 0.717) is 16.1 Å². The lowest BCUT2D eigenvalue weighted by atomic mass is 9.88. The summed E-state index contributed by atoms with van der Waals surface area (Å²) in [5.41, 5.74) is 6.95. The van der Waals surface area contributed by atoms with Crippen LogP contribution in [-0.4, -0.2) is 14.5 Å². The third-order valence-corrected chi connectivity index (χ3v) is 5.68. The molecule has 1 unspecified atom stereocenters. The van der Waals surface area contributed by atoms with Crippen molar-refractivity contribution in [3.8, 4) is 0 Å². The lowest BCUT2D eigenvalue weighted by Crippen LogP contribution is -2.41. The van der Waals surface area contributed by atoms with Crippen LogP contribution in [0.4, 0.5) is 5.69 Å². The molecule has 5 heteroatoms. The zero-order valence-electron chi connectivity index (χ0n) is 11.7. The van der Waals surface area contributed by atoms with Crippen molar-refractivity contribution in [1.82, 2.24) is 4.72 Å². The highest BCUT2D eigenvalue weighted by molar-refractivity contribution is 7.89. The summed E-state index contributed by atoms with van der Waals surface area (Å²) in [5, 5.41) is 0. The Kier molecular flexibility index (Phi) is 3.62. The molecule has 0 saturated heterocycles. The Morgan fingerprint density at radius 1 is 1.37 bits per heavy atom. The van der Waals surface area contributed by atoms with Gasteiger partial charge in [-0.2, -0.15) is 0 Å². The number of anilines is 1. The summed E-state index contributed by atoms with van der Waals surface area (Å²) < 4.78 is 27.8. The summed E-state index contributed by atoms with van der Waals surface area (Å²) >= 11 is 0. The number of hydrogen-bond acceptors (Lipinski definition) is 3. The van der Waals surface area contributed by atoms with Crippen molar-refractivity contribution in [2.75, 3.05) is 5.73 Å². The number of nitrogens with two attached hydrogens (primary N) is 1. The second-order valence-corrected chi connectivity index (χ2v) is 7.76. The average molecular weight is 282 g/mol. The van der Waals surface area contributed by atoms with Crippen LogP contribution in [0.15, 0.2) is 23.1 Å². The fourth-order valence-corrected chi connectivity index (χ4v) is 4.44. The van der Waals surface area contributed by atoms with E-state index < -0.39 is 10.0 Å². The monoisotopic (exact) mass is 282 g/mol. The van der Waals surface area contributed by atoms with Gasteiger partial charge in [-0.05, 0) is 48.9 Å². The van der Waals surface area contributed by atoms with Gasteiger partial charge in [-0.1, -0.05) is 20.3 Å². The Labute approximate surface area is 115 Å². The van der Waals surface area contributed by atoms with E-state index in [2.05, 4.69) is 18.6 Å². The van der Waals surface area contributed by atoms with Crippen molar-refractivity contribution >= 4 is 15.7 Å². The van der Waals surface area contributed by atoms with Gasteiger partial charge in [-0.3, -0.25) is 0 Å². The molecule has 4 nitrogen and oxygen atoms in total. The molecule has 0 aromatic heterocycles. The van der Waals surface area contributed by atoms with Crippen LogP contribution in [0.25, 0.3) is 0 Å². The Morgan fingerprint density at radius 3 is 2.58 bits per heavy atom. The van der Waals surface area contributed by atoms with Crippen LogP contribution in [-0.2, 0) is 10.0 Å². The Morgan fingerprint density at radius 2 is 2.05 bits per heavy atom. The minimum Gasteiger partial charge on any atom is -0.399 e. The van der Waals surface area contributed by atoms with E-state index in [1.807, 2.05) is 0 Å². The lowest BCUT2D eigenvalue weighted by molar-refractivity contribution is 0.313. The number of aryl methyl sites for hydroxylation is 1. The first kappa shape index (κ1) is 14.3. The van der Waals surface area contributed by atoms with E-state index in [0.717, 1.165) is 19.3 Å². The molecule has 1 saturated carbocycles. The molecule has 1 aliphatic carbocycles. The van der Waals surface area contributed by atoms with Gasteiger partial charge >= 0.3 is 0 Å². The molecule has 0 heterocycles. The predicted molar refractivity (Wildman–Crippen MR) is 77.3 cm³/mol. The normalized spacial score (nSPS) is 22.6. The fraction of sp³-hybridized carbons (Fsp3) is 0.571. The topological polar surface area (TPSA) is 72.2 Å². The molecule has 0 spiro atoms. The van der Waals surface area contributed by atoms with Crippen LogP contribution in [0.3, 0.4) is 0 Å². The second kappa shape index (κ2) is 4.80. The molecule has 106 valence electrons. The molecule has 1 fully saturated rings. The van der Waals surface area contributed by atoms with Crippen LogP contribution in [0.1, 0.15) is 38.7 Å². The van der Waals surface area contributed by atoms with Crippen LogP contribution < -0.4 is 10.5 Å². The standard InChI is InChI=1S/C14H22N2O2S/c1-10-9-11(15)6-7-12(10)19(17,18)16-13-5-4-8-14(13,2)3/h6-7,9,13,16H,4-5,8,15H2,1-3H3. The Balaban J connectivity index is 2.28. The molecule has 3 N–H and O–H groups in total. The second-order valence-electron chi connectivity index (χ2n) is 6.08. The van der Waals surface area contributed by atoms with Gasteiger partial charge in [0.25, 0.3) is 0 Å². The number of hydrogen-bond donors (Lipinski definition) is 2. The van der Waals surface area contributed by atoms with Gasteiger partial charge in [0.15, 0.2) is 0 Å². The summed E-state index contributed by atoms with van der Waals surface area (Å²) in [6.07, 6.45) is 3.03. The predicted octanol–water partition coefficient (Wildman–Crippen LogP) is 2.43. The van der Waals surface area contributed by atoms with Gasteiger partial charge in [0.1, 0.15) is 0 Å². The highest BCUT2D eigenvalue weighted by atomic mass is 32.2. The third kappa shape index (κ3) is 2.92. The van der Waals surface area contributed by atoms with Crippen molar-refractivity contribution in [2.45, 2.75) is 51.0 Å². The van der Waals surface area contributed by atoms with E-state index in [9.17, 15) is 8.42 Å². The number of benzene rings is 1. The van der Waals surface area contributed by atoms with E-state index in [-0.39, 0.29) is 11.5 Å². The smallest absolute Gasteiger partial charge is 0.241 e. The Hall–Kier alpha value is -1.07.